The zero-order chi connectivity index (χ0) is 14.0. The smallest absolute Gasteiger partial charge is 0.243 e. The molecule has 4 nitrogen and oxygen atoms in total. The van der Waals surface area contributed by atoms with Gasteiger partial charge in [0.1, 0.15) is 4.90 Å². The van der Waals surface area contributed by atoms with E-state index < -0.39 is 15.8 Å². The third kappa shape index (κ3) is 3.34. The Hall–Kier alpha value is -0.500. The van der Waals surface area contributed by atoms with Crippen LogP contribution in [0.1, 0.15) is 13.3 Å². The van der Waals surface area contributed by atoms with Crippen molar-refractivity contribution in [2.24, 2.45) is 5.92 Å². The molecule has 1 aliphatic rings. The van der Waals surface area contributed by atoms with E-state index in [4.69, 9.17) is 0 Å². The van der Waals surface area contributed by atoms with E-state index in [1.54, 1.807) is 0 Å². The van der Waals surface area contributed by atoms with E-state index in [1.165, 1.54) is 18.2 Å². The SMILES string of the molecule is CC1CNCCC1NS(=O)(=O)c1cccc(Br)c1F. The van der Waals surface area contributed by atoms with Gasteiger partial charge in [-0.3, -0.25) is 0 Å². The molecule has 0 bridgehead atoms. The minimum atomic E-state index is -3.83. The summed E-state index contributed by atoms with van der Waals surface area (Å²) in [5.74, 6) is -0.574. The number of sulfonamides is 1. The maximum atomic E-state index is 13.9. The molecule has 19 heavy (non-hydrogen) atoms. The van der Waals surface area contributed by atoms with Gasteiger partial charge in [0.15, 0.2) is 5.82 Å². The molecule has 106 valence electrons. The number of hydrogen-bond acceptors (Lipinski definition) is 3. The molecule has 7 heteroatoms. The topological polar surface area (TPSA) is 58.2 Å². The molecule has 1 saturated heterocycles. The zero-order valence-corrected chi connectivity index (χ0v) is 12.9. The van der Waals surface area contributed by atoms with Crippen LogP contribution >= 0.6 is 15.9 Å². The summed E-state index contributed by atoms with van der Waals surface area (Å²) in [4.78, 5) is -0.312. The summed E-state index contributed by atoms with van der Waals surface area (Å²) in [7, 11) is -3.83. The predicted octanol–water partition coefficient (Wildman–Crippen LogP) is 1.86. The molecule has 2 N–H and O–H groups in total. The van der Waals surface area contributed by atoms with Crippen molar-refractivity contribution in [3.05, 3.63) is 28.5 Å². The summed E-state index contributed by atoms with van der Waals surface area (Å²) >= 11 is 3.00. The standard InChI is InChI=1S/C12H16BrFN2O2S/c1-8-7-15-6-5-10(8)16-19(17,18)11-4-2-3-9(13)12(11)14/h2-4,8,10,15-16H,5-7H2,1H3. The molecule has 2 rings (SSSR count). The van der Waals surface area contributed by atoms with E-state index >= 15 is 0 Å². The third-order valence-electron chi connectivity index (χ3n) is 3.30. The zero-order valence-electron chi connectivity index (χ0n) is 10.5. The van der Waals surface area contributed by atoms with Crippen molar-refractivity contribution in [3.63, 3.8) is 0 Å². The first-order chi connectivity index (χ1) is 8.92. The van der Waals surface area contributed by atoms with Gasteiger partial charge in [0.25, 0.3) is 0 Å². The van der Waals surface area contributed by atoms with Crippen molar-refractivity contribution < 1.29 is 12.8 Å². The Morgan fingerprint density at radius 2 is 2.21 bits per heavy atom. The summed E-state index contributed by atoms with van der Waals surface area (Å²) in [6.45, 7) is 3.49. The molecule has 0 aliphatic carbocycles. The van der Waals surface area contributed by atoms with Crippen LogP contribution < -0.4 is 10.0 Å². The lowest BCUT2D eigenvalue weighted by molar-refractivity contribution is 0.327. The molecule has 0 radical (unpaired) electrons. The largest absolute Gasteiger partial charge is 0.316 e. The third-order valence-corrected chi connectivity index (χ3v) is 5.42. The average molecular weight is 351 g/mol. The van der Waals surface area contributed by atoms with Crippen molar-refractivity contribution >= 4 is 26.0 Å². The van der Waals surface area contributed by atoms with Crippen LogP contribution in [0.4, 0.5) is 4.39 Å². The number of halogens is 2. The fourth-order valence-corrected chi connectivity index (χ4v) is 4.12. The van der Waals surface area contributed by atoms with Crippen molar-refractivity contribution in [2.75, 3.05) is 13.1 Å². The lowest BCUT2D eigenvalue weighted by Crippen LogP contribution is -2.48. The summed E-state index contributed by atoms with van der Waals surface area (Å²) < 4.78 is 41.1. The number of piperidine rings is 1. The van der Waals surface area contributed by atoms with Gasteiger partial charge < -0.3 is 5.32 Å². The molecule has 0 amide bonds. The Morgan fingerprint density at radius 3 is 2.89 bits per heavy atom. The highest BCUT2D eigenvalue weighted by atomic mass is 79.9. The van der Waals surface area contributed by atoms with E-state index in [0.717, 1.165) is 13.1 Å². The summed E-state index contributed by atoms with van der Waals surface area (Å²) in [5.41, 5.74) is 0. The van der Waals surface area contributed by atoms with Crippen LogP contribution in [0, 0.1) is 11.7 Å². The summed E-state index contributed by atoms with van der Waals surface area (Å²) in [6, 6.07) is 4.09. The monoisotopic (exact) mass is 350 g/mol. The molecule has 2 unspecified atom stereocenters. The fourth-order valence-electron chi connectivity index (χ4n) is 2.14. The minimum Gasteiger partial charge on any atom is -0.316 e. The molecule has 1 aromatic carbocycles. The lowest BCUT2D eigenvalue weighted by atomic mass is 9.97. The Labute approximate surface area is 121 Å². The van der Waals surface area contributed by atoms with Crippen LogP contribution in [-0.2, 0) is 10.0 Å². The minimum absolute atomic E-state index is 0.147. The maximum Gasteiger partial charge on any atom is 0.243 e. The quantitative estimate of drug-likeness (QED) is 0.874. The Bertz CT molecular complexity index is 565. The van der Waals surface area contributed by atoms with Gasteiger partial charge in [-0.25, -0.2) is 17.5 Å². The van der Waals surface area contributed by atoms with E-state index in [2.05, 4.69) is 26.0 Å². The number of nitrogens with one attached hydrogen (secondary N) is 2. The van der Waals surface area contributed by atoms with Gasteiger partial charge in [-0.1, -0.05) is 13.0 Å². The van der Waals surface area contributed by atoms with Crippen molar-refractivity contribution in [1.82, 2.24) is 10.0 Å². The van der Waals surface area contributed by atoms with E-state index in [1.807, 2.05) is 6.92 Å². The van der Waals surface area contributed by atoms with Crippen LogP contribution in [0.3, 0.4) is 0 Å². The summed E-state index contributed by atoms with van der Waals surface area (Å²) in [5, 5.41) is 3.19. The molecule has 1 fully saturated rings. The first kappa shape index (κ1) is 14.9. The first-order valence-corrected chi connectivity index (χ1v) is 8.36. The number of hydrogen-bond donors (Lipinski definition) is 2. The number of rotatable bonds is 3. The Kier molecular flexibility index (Phi) is 4.60. The van der Waals surface area contributed by atoms with Gasteiger partial charge in [0.05, 0.1) is 4.47 Å². The second kappa shape index (κ2) is 5.87. The predicted molar refractivity (Wildman–Crippen MR) is 74.9 cm³/mol. The molecule has 1 aliphatic heterocycles. The summed E-state index contributed by atoms with van der Waals surface area (Å²) in [6.07, 6.45) is 0.704. The molecule has 2 atom stereocenters. The number of benzene rings is 1. The highest BCUT2D eigenvalue weighted by Gasteiger charge is 2.28. The van der Waals surface area contributed by atoms with E-state index in [0.29, 0.717) is 6.42 Å². The second-order valence-corrected chi connectivity index (χ2v) is 7.29. The Balaban J connectivity index is 2.25. The highest BCUT2D eigenvalue weighted by Crippen LogP contribution is 2.23. The fraction of sp³-hybridized carbons (Fsp3) is 0.500. The Morgan fingerprint density at radius 1 is 1.47 bits per heavy atom. The van der Waals surface area contributed by atoms with E-state index in [-0.39, 0.29) is 21.3 Å². The van der Waals surface area contributed by atoms with E-state index in [9.17, 15) is 12.8 Å². The van der Waals surface area contributed by atoms with Crippen molar-refractivity contribution in [2.45, 2.75) is 24.3 Å². The molecular formula is C12H16BrFN2O2S. The van der Waals surface area contributed by atoms with Gasteiger partial charge in [0.2, 0.25) is 10.0 Å². The molecule has 1 heterocycles. The lowest BCUT2D eigenvalue weighted by Gasteiger charge is -2.30. The second-order valence-electron chi connectivity index (χ2n) is 4.75. The van der Waals surface area contributed by atoms with Crippen LogP contribution in [0.2, 0.25) is 0 Å². The highest BCUT2D eigenvalue weighted by molar-refractivity contribution is 9.10. The molecular weight excluding hydrogens is 335 g/mol. The molecule has 0 aromatic heterocycles. The van der Waals surface area contributed by atoms with Gasteiger partial charge in [-0.15, -0.1) is 0 Å². The van der Waals surface area contributed by atoms with Crippen LogP contribution in [0.15, 0.2) is 27.6 Å². The van der Waals surface area contributed by atoms with Gasteiger partial charge in [0, 0.05) is 6.04 Å². The van der Waals surface area contributed by atoms with Crippen LogP contribution in [0.25, 0.3) is 0 Å². The maximum absolute atomic E-state index is 13.9. The molecule has 0 saturated carbocycles. The normalized spacial score (nSPS) is 24.4. The van der Waals surface area contributed by atoms with Gasteiger partial charge in [-0.2, -0.15) is 0 Å². The average Bonchev–Trinajstić information content (AvgIpc) is 2.35. The molecule has 1 aromatic rings. The molecule has 0 spiro atoms. The first-order valence-electron chi connectivity index (χ1n) is 6.09. The van der Waals surface area contributed by atoms with Crippen LogP contribution in [0.5, 0.6) is 0 Å². The van der Waals surface area contributed by atoms with Crippen molar-refractivity contribution in [1.29, 1.82) is 0 Å². The van der Waals surface area contributed by atoms with Gasteiger partial charge in [-0.05, 0) is 53.5 Å². The van der Waals surface area contributed by atoms with Gasteiger partial charge >= 0.3 is 0 Å². The van der Waals surface area contributed by atoms with Crippen molar-refractivity contribution in [3.8, 4) is 0 Å². The van der Waals surface area contributed by atoms with Crippen LogP contribution in [-0.4, -0.2) is 27.5 Å².